The molecule has 11 heteroatoms. The third-order valence-electron chi connectivity index (χ3n) is 9.10. The standard InChI is InChI=1S/C40H52N4O7/c1-40(2,3)51-38(48)34-12-9-23-44(34)25-31-24-35(28-17-15-27(26-45)16-18-28)50-39(49-31)29-19-21-30(22-20-29)42-36(46)13-5-4-6-14-37(47)43-33-11-8-7-10-32(33)41/h7-8,10-11,15-22,31,34-35,39,45H,4-6,9,12-14,23-26,41H2,1-3H3,(H,42,46)(H,43,47)/t31-,34+,35+,39+/m1/s1. The predicted molar refractivity (Wildman–Crippen MR) is 197 cm³/mol. The topological polar surface area (TPSA) is 152 Å². The van der Waals surface area contributed by atoms with Gasteiger partial charge in [-0.05, 0) is 88.4 Å². The molecular formula is C40H52N4O7. The van der Waals surface area contributed by atoms with Gasteiger partial charge in [-0.1, -0.05) is 55.0 Å². The van der Waals surface area contributed by atoms with Gasteiger partial charge in [0.1, 0.15) is 11.6 Å². The quantitative estimate of drug-likeness (QED) is 0.0824. The highest BCUT2D eigenvalue weighted by molar-refractivity contribution is 5.93. The first-order valence-electron chi connectivity index (χ1n) is 18.0. The van der Waals surface area contributed by atoms with E-state index >= 15 is 0 Å². The number of likely N-dealkylation sites (tertiary alicyclic amines) is 1. The van der Waals surface area contributed by atoms with Crippen molar-refractivity contribution < 1.29 is 33.7 Å². The molecule has 0 aromatic heterocycles. The second-order valence-electron chi connectivity index (χ2n) is 14.4. The van der Waals surface area contributed by atoms with E-state index in [4.69, 9.17) is 19.9 Å². The molecule has 0 saturated carbocycles. The van der Waals surface area contributed by atoms with Crippen LogP contribution < -0.4 is 16.4 Å². The van der Waals surface area contributed by atoms with Crippen molar-refractivity contribution >= 4 is 34.8 Å². The zero-order valence-electron chi connectivity index (χ0n) is 29.9. The van der Waals surface area contributed by atoms with Crippen LogP contribution in [-0.4, -0.2) is 58.6 Å². The van der Waals surface area contributed by atoms with E-state index in [1.54, 1.807) is 12.1 Å². The Hall–Kier alpha value is -4.29. The Morgan fingerprint density at radius 2 is 1.55 bits per heavy atom. The SMILES string of the molecule is CC(C)(C)OC(=O)[C@@H]1CCCN1C[C@H]1C[C@@H](c2ccc(CO)cc2)O[C@@H](c2ccc(NC(=O)CCCCCC(=O)Nc3ccccc3N)cc2)O1. The van der Waals surface area contributed by atoms with E-state index < -0.39 is 11.9 Å². The Morgan fingerprint density at radius 3 is 2.22 bits per heavy atom. The Morgan fingerprint density at radius 1 is 0.882 bits per heavy atom. The molecule has 2 fully saturated rings. The fourth-order valence-electron chi connectivity index (χ4n) is 6.49. The summed E-state index contributed by atoms with van der Waals surface area (Å²) in [6, 6.07) is 22.1. The van der Waals surface area contributed by atoms with Gasteiger partial charge in [-0.25, -0.2) is 0 Å². The van der Waals surface area contributed by atoms with Gasteiger partial charge in [-0.15, -0.1) is 0 Å². The Labute approximate surface area is 300 Å². The van der Waals surface area contributed by atoms with Gasteiger partial charge in [-0.3, -0.25) is 19.3 Å². The van der Waals surface area contributed by atoms with Crippen molar-refractivity contribution in [3.63, 3.8) is 0 Å². The summed E-state index contributed by atoms with van der Waals surface area (Å²) in [5.74, 6) is -0.387. The molecule has 0 unspecified atom stereocenters. The van der Waals surface area contributed by atoms with Crippen molar-refractivity contribution in [1.29, 1.82) is 0 Å². The van der Waals surface area contributed by atoms with Crippen LogP contribution in [0.5, 0.6) is 0 Å². The molecule has 0 bridgehead atoms. The number of benzene rings is 3. The van der Waals surface area contributed by atoms with Gasteiger partial charge in [0.2, 0.25) is 11.8 Å². The van der Waals surface area contributed by atoms with Gasteiger partial charge in [0.05, 0.1) is 30.2 Å². The molecule has 4 atom stereocenters. The number of carbonyl (C=O) groups is 3. The highest BCUT2D eigenvalue weighted by atomic mass is 16.7. The first kappa shape index (κ1) is 38.0. The molecule has 2 aliphatic rings. The number of nitrogen functional groups attached to an aromatic ring is 1. The van der Waals surface area contributed by atoms with Gasteiger partial charge in [0.15, 0.2) is 6.29 Å². The van der Waals surface area contributed by atoms with Crippen LogP contribution in [0.3, 0.4) is 0 Å². The summed E-state index contributed by atoms with van der Waals surface area (Å²) in [6.07, 6.45) is 3.95. The minimum atomic E-state index is -0.658. The number of ether oxygens (including phenoxy) is 3. The molecule has 51 heavy (non-hydrogen) atoms. The molecule has 0 spiro atoms. The fourth-order valence-corrected chi connectivity index (χ4v) is 6.49. The molecule has 274 valence electrons. The molecule has 5 N–H and O–H groups in total. The number of rotatable bonds is 14. The van der Waals surface area contributed by atoms with E-state index in [0.29, 0.717) is 55.7 Å². The zero-order chi connectivity index (χ0) is 36.4. The fraction of sp³-hybridized carbons (Fsp3) is 0.475. The second kappa shape index (κ2) is 17.8. The van der Waals surface area contributed by atoms with Gasteiger partial charge in [0, 0.05) is 37.1 Å². The van der Waals surface area contributed by atoms with Crippen LogP contribution in [0, 0.1) is 0 Å². The van der Waals surface area contributed by atoms with Crippen molar-refractivity contribution in [1.82, 2.24) is 4.90 Å². The average molecular weight is 701 g/mol. The highest BCUT2D eigenvalue weighted by Gasteiger charge is 2.39. The van der Waals surface area contributed by atoms with E-state index in [9.17, 15) is 19.5 Å². The third-order valence-corrected chi connectivity index (χ3v) is 9.10. The number of nitrogens with two attached hydrogens (primary N) is 1. The van der Waals surface area contributed by atoms with Crippen LogP contribution >= 0.6 is 0 Å². The molecular weight excluding hydrogens is 648 g/mol. The Balaban J connectivity index is 1.15. The minimum Gasteiger partial charge on any atom is -0.459 e. The van der Waals surface area contributed by atoms with Crippen LogP contribution in [0.25, 0.3) is 0 Å². The number of para-hydroxylation sites is 2. The average Bonchev–Trinajstić information content (AvgIpc) is 3.57. The Kier molecular flexibility index (Phi) is 13.2. The lowest BCUT2D eigenvalue weighted by atomic mass is 9.99. The summed E-state index contributed by atoms with van der Waals surface area (Å²) in [5.41, 5.74) is 9.77. The number of hydrogen-bond donors (Lipinski definition) is 4. The number of anilines is 3. The maximum Gasteiger partial charge on any atom is 0.323 e. The molecule has 0 radical (unpaired) electrons. The van der Waals surface area contributed by atoms with E-state index in [1.165, 1.54) is 0 Å². The van der Waals surface area contributed by atoms with E-state index in [0.717, 1.165) is 42.5 Å². The second-order valence-corrected chi connectivity index (χ2v) is 14.4. The first-order chi connectivity index (χ1) is 24.5. The molecule has 2 aliphatic heterocycles. The number of hydrogen-bond acceptors (Lipinski definition) is 9. The third kappa shape index (κ3) is 11.4. The van der Waals surface area contributed by atoms with Crippen molar-refractivity contribution in [3.05, 3.63) is 89.5 Å². The first-order valence-corrected chi connectivity index (χ1v) is 18.0. The van der Waals surface area contributed by atoms with E-state index in [1.807, 2.05) is 81.4 Å². The maximum absolute atomic E-state index is 13.0. The van der Waals surface area contributed by atoms with Crippen LogP contribution in [0.15, 0.2) is 72.8 Å². The maximum atomic E-state index is 13.0. The molecule has 11 nitrogen and oxygen atoms in total. The van der Waals surface area contributed by atoms with E-state index in [2.05, 4.69) is 15.5 Å². The summed E-state index contributed by atoms with van der Waals surface area (Å²) in [4.78, 5) is 40.1. The summed E-state index contributed by atoms with van der Waals surface area (Å²) in [5, 5.41) is 15.3. The number of aliphatic hydroxyl groups excluding tert-OH is 1. The van der Waals surface area contributed by atoms with Crippen molar-refractivity contribution in [3.8, 4) is 0 Å². The zero-order valence-corrected chi connectivity index (χ0v) is 29.9. The smallest absolute Gasteiger partial charge is 0.323 e. The summed E-state index contributed by atoms with van der Waals surface area (Å²) < 4.78 is 18.8. The normalized spacial score (nSPS) is 20.9. The summed E-state index contributed by atoms with van der Waals surface area (Å²) in [7, 11) is 0. The minimum absolute atomic E-state index is 0.0335. The lowest BCUT2D eigenvalue weighted by molar-refractivity contribution is -0.253. The number of esters is 1. The highest BCUT2D eigenvalue weighted by Crippen LogP contribution is 2.39. The van der Waals surface area contributed by atoms with Gasteiger partial charge >= 0.3 is 5.97 Å². The van der Waals surface area contributed by atoms with E-state index in [-0.39, 0.29) is 42.6 Å². The molecule has 2 saturated heterocycles. The summed E-state index contributed by atoms with van der Waals surface area (Å²) in [6.45, 7) is 6.98. The molecule has 3 aromatic rings. The molecule has 2 amide bonds. The van der Waals surface area contributed by atoms with Crippen LogP contribution in [0.2, 0.25) is 0 Å². The number of carbonyl (C=O) groups excluding carboxylic acids is 3. The molecule has 2 heterocycles. The molecule has 0 aliphatic carbocycles. The van der Waals surface area contributed by atoms with Crippen molar-refractivity contribution in [2.24, 2.45) is 0 Å². The predicted octanol–water partition coefficient (Wildman–Crippen LogP) is 6.64. The number of nitrogens with zero attached hydrogens (tertiary/aromatic N) is 1. The lowest BCUT2D eigenvalue weighted by Gasteiger charge is -2.38. The molecule has 5 rings (SSSR count). The van der Waals surface area contributed by atoms with Gasteiger partial charge in [-0.2, -0.15) is 0 Å². The largest absolute Gasteiger partial charge is 0.459 e. The lowest BCUT2D eigenvalue weighted by Crippen LogP contribution is -2.45. The summed E-state index contributed by atoms with van der Waals surface area (Å²) >= 11 is 0. The number of aliphatic hydroxyl groups is 1. The van der Waals surface area contributed by atoms with Crippen LogP contribution in [0.4, 0.5) is 17.1 Å². The monoisotopic (exact) mass is 700 g/mol. The van der Waals surface area contributed by atoms with Gasteiger partial charge in [0.25, 0.3) is 0 Å². The van der Waals surface area contributed by atoms with Crippen molar-refractivity contribution in [2.75, 3.05) is 29.5 Å². The Bertz CT molecular complexity index is 1610. The number of nitrogens with one attached hydrogen (secondary N) is 2. The van der Waals surface area contributed by atoms with Crippen LogP contribution in [0.1, 0.15) is 101 Å². The number of unbranched alkanes of at least 4 members (excludes halogenated alkanes) is 2. The van der Waals surface area contributed by atoms with Crippen LogP contribution in [-0.2, 0) is 35.2 Å². The molecule has 3 aromatic carbocycles. The number of amides is 2. The van der Waals surface area contributed by atoms with Crippen molar-refractivity contribution in [2.45, 2.75) is 109 Å². The van der Waals surface area contributed by atoms with Gasteiger partial charge < -0.3 is 35.7 Å².